The Morgan fingerprint density at radius 3 is 2.55 bits per heavy atom. The molecule has 0 radical (unpaired) electrons. The lowest BCUT2D eigenvalue weighted by Gasteiger charge is -2.15. The zero-order valence-corrected chi connectivity index (χ0v) is 12.6. The van der Waals surface area contributed by atoms with Crippen molar-refractivity contribution in [1.82, 2.24) is 5.32 Å². The Morgan fingerprint density at radius 2 is 1.95 bits per heavy atom. The molecule has 0 bridgehead atoms. The summed E-state index contributed by atoms with van der Waals surface area (Å²) in [5.74, 6) is -2.20. The van der Waals surface area contributed by atoms with Crippen molar-refractivity contribution in [2.45, 2.75) is 39.5 Å². The number of amides is 1. The molecule has 0 saturated heterocycles. The van der Waals surface area contributed by atoms with Crippen LogP contribution < -0.4 is 5.32 Å². The Labute approximate surface area is 123 Å². The van der Waals surface area contributed by atoms with Crippen LogP contribution in [0, 0.1) is 17.6 Å². The minimum absolute atomic E-state index is 0.0316. The number of carbonyl (C=O) groups excluding carboxylic acids is 1. The first-order chi connectivity index (χ1) is 9.49. The summed E-state index contributed by atoms with van der Waals surface area (Å²) < 4.78 is 26.1. The molecule has 1 aromatic carbocycles. The van der Waals surface area contributed by atoms with Crippen molar-refractivity contribution in [3.8, 4) is 0 Å². The Balaban J connectivity index is 2.65. The Bertz CT molecular complexity index is 465. The van der Waals surface area contributed by atoms with Crippen molar-refractivity contribution < 1.29 is 13.6 Å². The van der Waals surface area contributed by atoms with Gasteiger partial charge in [0.15, 0.2) is 11.6 Å². The number of benzene rings is 1. The number of nitrogens with one attached hydrogen (secondary N) is 1. The number of hydrogen-bond donors (Lipinski definition) is 1. The van der Waals surface area contributed by atoms with Gasteiger partial charge < -0.3 is 5.32 Å². The van der Waals surface area contributed by atoms with E-state index in [2.05, 4.69) is 19.2 Å². The van der Waals surface area contributed by atoms with Crippen LogP contribution in [0.1, 0.15) is 49.9 Å². The third kappa shape index (κ3) is 4.75. The molecular weight excluding hydrogens is 284 g/mol. The van der Waals surface area contributed by atoms with Crippen LogP contribution in [0.2, 0.25) is 5.02 Å². The van der Waals surface area contributed by atoms with E-state index in [0.29, 0.717) is 12.5 Å². The average molecular weight is 304 g/mol. The normalized spacial score (nSPS) is 12.2. The van der Waals surface area contributed by atoms with E-state index in [1.165, 1.54) is 0 Å². The molecule has 0 aliphatic heterocycles. The summed E-state index contributed by atoms with van der Waals surface area (Å²) in [6.07, 6.45) is 4.23. The molecule has 0 aliphatic carbocycles. The maximum atomic E-state index is 13.1. The van der Waals surface area contributed by atoms with Gasteiger partial charge in [0.2, 0.25) is 0 Å². The molecule has 0 aromatic heterocycles. The van der Waals surface area contributed by atoms with Gasteiger partial charge in [-0.25, -0.2) is 8.78 Å². The zero-order valence-electron chi connectivity index (χ0n) is 11.8. The van der Waals surface area contributed by atoms with Gasteiger partial charge in [-0.1, -0.05) is 44.7 Å². The highest BCUT2D eigenvalue weighted by molar-refractivity contribution is 6.33. The third-order valence-corrected chi connectivity index (χ3v) is 3.66. The first kappa shape index (κ1) is 16.9. The lowest BCUT2D eigenvalue weighted by Crippen LogP contribution is -2.29. The molecule has 0 heterocycles. The number of carbonyl (C=O) groups is 1. The molecule has 0 saturated carbocycles. The number of halogens is 3. The van der Waals surface area contributed by atoms with Crippen molar-refractivity contribution in [3.05, 3.63) is 34.4 Å². The Kier molecular flexibility index (Phi) is 6.93. The zero-order chi connectivity index (χ0) is 15.1. The van der Waals surface area contributed by atoms with Gasteiger partial charge in [0, 0.05) is 6.54 Å². The fourth-order valence-corrected chi connectivity index (χ4v) is 2.21. The van der Waals surface area contributed by atoms with Gasteiger partial charge in [-0.05, 0) is 24.5 Å². The lowest BCUT2D eigenvalue weighted by atomic mass is 9.99. The number of hydrogen-bond acceptors (Lipinski definition) is 1. The molecule has 1 rings (SSSR count). The molecule has 0 spiro atoms. The Hall–Kier alpha value is -1.16. The maximum absolute atomic E-state index is 13.1. The molecule has 20 heavy (non-hydrogen) atoms. The highest BCUT2D eigenvalue weighted by Crippen LogP contribution is 2.20. The smallest absolute Gasteiger partial charge is 0.252 e. The first-order valence-corrected chi connectivity index (χ1v) is 7.30. The topological polar surface area (TPSA) is 29.1 Å². The lowest BCUT2D eigenvalue weighted by molar-refractivity contribution is 0.0945. The highest BCUT2D eigenvalue weighted by atomic mass is 35.5. The van der Waals surface area contributed by atoms with Gasteiger partial charge in [-0.2, -0.15) is 0 Å². The van der Waals surface area contributed by atoms with Crippen molar-refractivity contribution in [3.63, 3.8) is 0 Å². The second-order valence-corrected chi connectivity index (χ2v) is 5.28. The van der Waals surface area contributed by atoms with Crippen molar-refractivity contribution in [2.75, 3.05) is 6.54 Å². The van der Waals surface area contributed by atoms with E-state index in [1.54, 1.807) is 0 Å². The fourth-order valence-electron chi connectivity index (χ4n) is 1.97. The van der Waals surface area contributed by atoms with Crippen molar-refractivity contribution in [2.24, 2.45) is 5.92 Å². The molecule has 2 nitrogen and oxygen atoms in total. The van der Waals surface area contributed by atoms with Gasteiger partial charge in [-0.15, -0.1) is 0 Å². The van der Waals surface area contributed by atoms with E-state index >= 15 is 0 Å². The summed E-state index contributed by atoms with van der Waals surface area (Å²) in [5, 5.41) is 2.65. The summed E-state index contributed by atoms with van der Waals surface area (Å²) in [5.41, 5.74) is -0.0316. The summed E-state index contributed by atoms with van der Waals surface area (Å²) in [6.45, 7) is 4.70. The summed E-state index contributed by atoms with van der Waals surface area (Å²) >= 11 is 5.76. The van der Waals surface area contributed by atoms with E-state index in [0.717, 1.165) is 37.8 Å². The summed E-state index contributed by atoms with van der Waals surface area (Å²) in [7, 11) is 0. The quantitative estimate of drug-likeness (QED) is 0.735. The number of unbranched alkanes of at least 4 members (excludes halogenated alkanes) is 1. The minimum atomic E-state index is -1.07. The van der Waals surface area contributed by atoms with E-state index < -0.39 is 17.5 Å². The predicted molar refractivity (Wildman–Crippen MR) is 77.0 cm³/mol. The molecule has 1 N–H and O–H groups in total. The van der Waals surface area contributed by atoms with E-state index in [-0.39, 0.29) is 10.6 Å². The molecule has 1 amide bonds. The Morgan fingerprint density at radius 1 is 1.30 bits per heavy atom. The monoisotopic (exact) mass is 303 g/mol. The predicted octanol–water partition coefficient (Wildman–Crippen LogP) is 4.56. The fraction of sp³-hybridized carbons (Fsp3) is 0.533. The van der Waals surface area contributed by atoms with Crippen LogP contribution >= 0.6 is 11.6 Å². The van der Waals surface area contributed by atoms with E-state index in [9.17, 15) is 13.6 Å². The van der Waals surface area contributed by atoms with Crippen LogP contribution in [0.25, 0.3) is 0 Å². The second kappa shape index (κ2) is 8.20. The van der Waals surface area contributed by atoms with Gasteiger partial charge in [0.25, 0.3) is 5.91 Å². The molecular formula is C15H20ClF2NO. The number of rotatable bonds is 7. The molecule has 1 aromatic rings. The molecule has 0 aliphatic rings. The van der Waals surface area contributed by atoms with Gasteiger partial charge in [0.1, 0.15) is 0 Å². The minimum Gasteiger partial charge on any atom is -0.352 e. The van der Waals surface area contributed by atoms with Gasteiger partial charge in [-0.3, -0.25) is 4.79 Å². The van der Waals surface area contributed by atoms with Crippen LogP contribution in [0.3, 0.4) is 0 Å². The molecule has 5 heteroatoms. The molecule has 1 unspecified atom stereocenters. The highest BCUT2D eigenvalue weighted by Gasteiger charge is 2.16. The largest absolute Gasteiger partial charge is 0.352 e. The summed E-state index contributed by atoms with van der Waals surface area (Å²) in [6, 6.07) is 1.65. The molecule has 0 fully saturated rings. The second-order valence-electron chi connectivity index (χ2n) is 4.87. The van der Waals surface area contributed by atoms with Crippen LogP contribution in [0.5, 0.6) is 0 Å². The summed E-state index contributed by atoms with van der Waals surface area (Å²) in [4.78, 5) is 11.9. The van der Waals surface area contributed by atoms with E-state index in [1.807, 2.05) is 0 Å². The van der Waals surface area contributed by atoms with E-state index in [4.69, 9.17) is 11.6 Å². The average Bonchev–Trinajstić information content (AvgIpc) is 2.42. The van der Waals surface area contributed by atoms with Crippen LogP contribution in [0.4, 0.5) is 8.78 Å². The van der Waals surface area contributed by atoms with Crippen molar-refractivity contribution >= 4 is 17.5 Å². The van der Waals surface area contributed by atoms with Crippen molar-refractivity contribution in [1.29, 1.82) is 0 Å². The van der Waals surface area contributed by atoms with Crippen LogP contribution in [-0.4, -0.2) is 12.5 Å². The standard InChI is InChI=1S/C15H20ClF2NO/c1-3-5-6-10(4-2)9-19-15(20)11-7-13(17)14(18)8-12(11)16/h7-8,10H,3-6,9H2,1-2H3,(H,19,20). The molecule has 112 valence electrons. The third-order valence-electron chi connectivity index (χ3n) is 3.35. The first-order valence-electron chi connectivity index (χ1n) is 6.92. The van der Waals surface area contributed by atoms with Gasteiger partial charge >= 0.3 is 0 Å². The SMILES string of the molecule is CCCCC(CC)CNC(=O)c1cc(F)c(F)cc1Cl. The van der Waals surface area contributed by atoms with Crippen LogP contribution in [0.15, 0.2) is 12.1 Å². The molecule has 1 atom stereocenters. The van der Waals surface area contributed by atoms with Crippen LogP contribution in [-0.2, 0) is 0 Å². The maximum Gasteiger partial charge on any atom is 0.252 e. The van der Waals surface area contributed by atoms with Gasteiger partial charge in [0.05, 0.1) is 10.6 Å².